The van der Waals surface area contributed by atoms with Crippen molar-refractivity contribution in [1.82, 2.24) is 5.32 Å². The van der Waals surface area contributed by atoms with Crippen molar-refractivity contribution in [3.63, 3.8) is 0 Å². The van der Waals surface area contributed by atoms with Crippen molar-refractivity contribution in [2.24, 2.45) is 4.99 Å². The average molecular weight is 419 g/mol. The van der Waals surface area contributed by atoms with Crippen molar-refractivity contribution in [2.75, 3.05) is 13.2 Å². The lowest BCUT2D eigenvalue weighted by atomic mass is 10.1. The fraction of sp³-hybridized carbons (Fsp3) is 0.238. The molecule has 0 bridgehead atoms. The molecule has 1 aliphatic rings. The maximum atomic E-state index is 13.6. The molecule has 2 heterocycles. The third-order valence-corrected chi connectivity index (χ3v) is 4.84. The number of hydrogen-bond donors (Lipinski definition) is 1. The molecule has 1 N–H and O–H groups in total. The normalized spacial score (nSPS) is 17.1. The summed E-state index contributed by atoms with van der Waals surface area (Å²) in [5, 5.41) is 3.92. The Bertz CT molecular complexity index is 1140. The van der Waals surface area contributed by atoms with E-state index in [0.29, 0.717) is 29.1 Å². The van der Waals surface area contributed by atoms with Crippen LogP contribution in [0, 0.1) is 11.6 Å². The topological polar surface area (TPSA) is 63.8 Å². The third kappa shape index (κ3) is 4.46. The van der Waals surface area contributed by atoms with Gasteiger partial charge in [-0.15, -0.1) is 0 Å². The summed E-state index contributed by atoms with van der Waals surface area (Å²) in [4.78, 5) is 17.0. The van der Waals surface area contributed by atoms with Gasteiger partial charge in [-0.2, -0.15) is 0 Å². The Labute approximate surface area is 170 Å². The molecule has 0 aliphatic carbocycles. The van der Waals surface area contributed by atoms with Crippen LogP contribution in [0.5, 0.6) is 0 Å². The molecule has 0 saturated carbocycles. The first kappa shape index (κ1) is 19.5. The lowest BCUT2D eigenvalue weighted by Crippen LogP contribution is -2.34. The lowest BCUT2D eigenvalue weighted by Gasteiger charge is -2.11. The number of amides is 1. The number of carbonyl (C=O) groups is 1. The number of benzene rings is 2. The maximum Gasteiger partial charge on any atom is 0.256 e. The van der Waals surface area contributed by atoms with Crippen LogP contribution < -0.4 is 10.9 Å². The summed E-state index contributed by atoms with van der Waals surface area (Å²) in [5.41, 5.74) is 0.707. The van der Waals surface area contributed by atoms with Crippen molar-refractivity contribution in [3.8, 4) is 0 Å². The Kier molecular flexibility index (Phi) is 5.60. The average Bonchev–Trinajstić information content (AvgIpc) is 3.22. The second-order valence-electron chi connectivity index (χ2n) is 6.70. The van der Waals surface area contributed by atoms with Gasteiger partial charge >= 0.3 is 0 Å². The predicted octanol–water partition coefficient (Wildman–Crippen LogP) is 4.51. The summed E-state index contributed by atoms with van der Waals surface area (Å²) in [5.74, 6) is -2.43. The Morgan fingerprint density at radius 3 is 2.79 bits per heavy atom. The van der Waals surface area contributed by atoms with Gasteiger partial charge < -0.3 is 14.5 Å². The number of ether oxygens (including phenoxy) is 1. The van der Waals surface area contributed by atoms with E-state index in [1.807, 2.05) is 0 Å². The molecule has 1 atom stereocenters. The summed E-state index contributed by atoms with van der Waals surface area (Å²) in [6.07, 6.45) is 1.81. The van der Waals surface area contributed by atoms with E-state index in [2.05, 4.69) is 10.3 Å². The van der Waals surface area contributed by atoms with Crippen LogP contribution >= 0.6 is 11.6 Å². The van der Waals surface area contributed by atoms with Gasteiger partial charge in [-0.1, -0.05) is 11.6 Å². The van der Waals surface area contributed by atoms with E-state index in [0.717, 1.165) is 25.0 Å². The van der Waals surface area contributed by atoms with Crippen LogP contribution in [0.3, 0.4) is 0 Å². The second-order valence-corrected chi connectivity index (χ2v) is 7.14. The van der Waals surface area contributed by atoms with Crippen molar-refractivity contribution in [2.45, 2.75) is 18.9 Å². The molecule has 3 aromatic rings. The SMILES string of the molecule is O=C(NC[C@@H]1CCCO1)c1cc2cc(Cl)ccc2oc1=Nc1ccc(F)c(F)c1. The molecule has 0 unspecified atom stereocenters. The minimum absolute atomic E-state index is 0.0179. The van der Waals surface area contributed by atoms with Crippen LogP contribution in [-0.2, 0) is 4.74 Å². The van der Waals surface area contributed by atoms with Crippen molar-refractivity contribution in [1.29, 1.82) is 0 Å². The molecule has 1 aromatic heterocycles. The molecule has 0 radical (unpaired) electrons. The highest BCUT2D eigenvalue weighted by atomic mass is 35.5. The Morgan fingerprint density at radius 1 is 1.17 bits per heavy atom. The molecule has 1 amide bonds. The number of hydrogen-bond acceptors (Lipinski definition) is 4. The van der Waals surface area contributed by atoms with Gasteiger partial charge in [-0.3, -0.25) is 4.79 Å². The van der Waals surface area contributed by atoms with Gasteiger partial charge in [0.15, 0.2) is 11.6 Å². The van der Waals surface area contributed by atoms with E-state index in [1.165, 1.54) is 6.07 Å². The quantitative estimate of drug-likeness (QED) is 0.678. The zero-order valence-corrected chi connectivity index (χ0v) is 16.0. The highest BCUT2D eigenvalue weighted by Crippen LogP contribution is 2.20. The molecule has 5 nitrogen and oxygen atoms in total. The van der Waals surface area contributed by atoms with Crippen molar-refractivity contribution in [3.05, 3.63) is 70.2 Å². The fourth-order valence-corrected chi connectivity index (χ4v) is 3.31. The Morgan fingerprint density at radius 2 is 2.03 bits per heavy atom. The molecule has 1 aliphatic heterocycles. The third-order valence-electron chi connectivity index (χ3n) is 4.60. The Hall–Kier alpha value is -2.77. The minimum Gasteiger partial charge on any atom is -0.438 e. The van der Waals surface area contributed by atoms with Gasteiger partial charge in [0, 0.05) is 29.6 Å². The molecular weight excluding hydrogens is 402 g/mol. The summed E-state index contributed by atoms with van der Waals surface area (Å²) < 4.78 is 38.1. The minimum atomic E-state index is -1.04. The van der Waals surface area contributed by atoms with Crippen LogP contribution in [0.25, 0.3) is 11.0 Å². The van der Waals surface area contributed by atoms with E-state index >= 15 is 0 Å². The van der Waals surface area contributed by atoms with E-state index in [9.17, 15) is 13.6 Å². The van der Waals surface area contributed by atoms with E-state index in [4.69, 9.17) is 20.8 Å². The lowest BCUT2D eigenvalue weighted by molar-refractivity contribution is 0.0854. The second kappa shape index (κ2) is 8.31. The van der Waals surface area contributed by atoms with E-state index < -0.39 is 17.5 Å². The maximum absolute atomic E-state index is 13.6. The van der Waals surface area contributed by atoms with Gasteiger partial charge in [-0.05, 0) is 49.2 Å². The van der Waals surface area contributed by atoms with Crippen molar-refractivity contribution >= 4 is 34.2 Å². The standard InChI is InChI=1S/C21H17ClF2N2O3/c22-13-3-6-19-12(8-13)9-16(20(27)25-11-15-2-1-7-28-15)21(29-19)26-14-4-5-17(23)18(24)10-14/h3-6,8-10,15H,1-2,7,11H2,(H,25,27)/t15-/m0/s1. The Balaban J connectivity index is 1.76. The van der Waals surface area contributed by atoms with E-state index in [1.54, 1.807) is 24.3 Å². The first-order chi connectivity index (χ1) is 14.0. The smallest absolute Gasteiger partial charge is 0.256 e. The first-order valence-electron chi connectivity index (χ1n) is 9.12. The van der Waals surface area contributed by atoms with Gasteiger partial charge in [-0.25, -0.2) is 13.8 Å². The molecular formula is C21H17ClF2N2O3. The summed E-state index contributed by atoms with van der Waals surface area (Å²) in [7, 11) is 0. The molecule has 4 rings (SSSR count). The molecule has 29 heavy (non-hydrogen) atoms. The number of rotatable bonds is 4. The van der Waals surface area contributed by atoms with Gasteiger partial charge in [0.2, 0.25) is 5.55 Å². The number of fused-ring (bicyclic) bond motifs is 1. The first-order valence-corrected chi connectivity index (χ1v) is 9.50. The summed E-state index contributed by atoms with van der Waals surface area (Å²) in [6.45, 7) is 1.04. The molecule has 150 valence electrons. The molecule has 1 fully saturated rings. The van der Waals surface area contributed by atoms with Crippen LogP contribution in [0.1, 0.15) is 23.2 Å². The summed E-state index contributed by atoms with van der Waals surface area (Å²) in [6, 6.07) is 9.76. The van der Waals surface area contributed by atoms with E-state index in [-0.39, 0.29) is 22.9 Å². The zero-order chi connectivity index (χ0) is 20.4. The molecule has 1 saturated heterocycles. The van der Waals surface area contributed by atoms with Crippen LogP contribution in [-0.4, -0.2) is 25.2 Å². The van der Waals surface area contributed by atoms with Crippen LogP contribution in [0.15, 0.2) is 51.9 Å². The number of carbonyl (C=O) groups excluding carboxylic acids is 1. The molecule has 2 aromatic carbocycles. The highest BCUT2D eigenvalue weighted by Gasteiger charge is 2.18. The van der Waals surface area contributed by atoms with Gasteiger partial charge in [0.05, 0.1) is 11.8 Å². The fourth-order valence-electron chi connectivity index (χ4n) is 3.13. The van der Waals surface area contributed by atoms with Crippen LogP contribution in [0.2, 0.25) is 5.02 Å². The zero-order valence-electron chi connectivity index (χ0n) is 15.3. The largest absolute Gasteiger partial charge is 0.438 e. The number of nitrogens with one attached hydrogen (secondary N) is 1. The monoisotopic (exact) mass is 418 g/mol. The van der Waals surface area contributed by atoms with Gasteiger partial charge in [0.25, 0.3) is 5.91 Å². The predicted molar refractivity (Wildman–Crippen MR) is 104 cm³/mol. The number of halogens is 3. The van der Waals surface area contributed by atoms with Crippen LogP contribution in [0.4, 0.5) is 14.5 Å². The molecule has 0 spiro atoms. The highest BCUT2D eigenvalue weighted by molar-refractivity contribution is 6.31. The van der Waals surface area contributed by atoms with Gasteiger partial charge in [0.1, 0.15) is 11.1 Å². The molecule has 8 heteroatoms. The summed E-state index contributed by atoms with van der Waals surface area (Å²) >= 11 is 6.04. The van der Waals surface area contributed by atoms with Crippen molar-refractivity contribution < 1.29 is 22.7 Å². The number of nitrogens with zero attached hydrogens (tertiary/aromatic N) is 1.